The third-order valence-electron chi connectivity index (χ3n) is 3.17. The van der Waals surface area contributed by atoms with E-state index in [2.05, 4.69) is 27.9 Å². The molecule has 0 aliphatic rings. The molecule has 0 fully saturated rings. The van der Waals surface area contributed by atoms with Gasteiger partial charge >= 0.3 is 0 Å². The third-order valence-corrected chi connectivity index (χ3v) is 4.93. The van der Waals surface area contributed by atoms with Crippen LogP contribution >= 0.6 is 45.8 Å². The van der Waals surface area contributed by atoms with E-state index in [-0.39, 0.29) is 11.7 Å². The van der Waals surface area contributed by atoms with Crippen LogP contribution in [-0.2, 0) is 0 Å². The van der Waals surface area contributed by atoms with Crippen molar-refractivity contribution >= 4 is 57.4 Å². The number of carbonyl (C=O) groups is 1. The fraction of sp³-hybridized carbons (Fsp3) is 0. The Morgan fingerprint density at radius 3 is 2.57 bits per heavy atom. The Bertz CT molecular complexity index is 877. The summed E-state index contributed by atoms with van der Waals surface area (Å²) < 4.78 is 6.57. The van der Waals surface area contributed by atoms with Gasteiger partial charge in [-0.15, -0.1) is 0 Å². The summed E-state index contributed by atoms with van der Waals surface area (Å²) in [6, 6.07) is 16.1. The number of furan rings is 1. The molecule has 0 saturated carbocycles. The first-order chi connectivity index (χ1) is 11.1. The van der Waals surface area contributed by atoms with Crippen molar-refractivity contribution in [3.05, 3.63) is 74.0 Å². The molecule has 23 heavy (non-hydrogen) atoms. The Morgan fingerprint density at radius 1 is 1.00 bits per heavy atom. The number of anilines is 1. The number of amides is 1. The van der Waals surface area contributed by atoms with Gasteiger partial charge in [0.15, 0.2) is 5.76 Å². The molecular weight excluding hydrogens is 448 g/mol. The number of nitrogens with one attached hydrogen (secondary N) is 1. The van der Waals surface area contributed by atoms with E-state index in [1.54, 1.807) is 30.3 Å². The Kier molecular flexibility index (Phi) is 4.94. The highest BCUT2D eigenvalue weighted by Gasteiger charge is 2.15. The number of rotatable bonds is 3. The first-order valence-corrected chi connectivity index (χ1v) is 8.50. The van der Waals surface area contributed by atoms with E-state index < -0.39 is 0 Å². The molecule has 2 aromatic carbocycles. The van der Waals surface area contributed by atoms with Crippen molar-refractivity contribution in [2.45, 2.75) is 0 Å². The fourth-order valence-electron chi connectivity index (χ4n) is 2.05. The zero-order chi connectivity index (χ0) is 16.4. The van der Waals surface area contributed by atoms with Gasteiger partial charge in [-0.1, -0.05) is 41.4 Å². The summed E-state index contributed by atoms with van der Waals surface area (Å²) in [5.74, 6) is 0.375. The summed E-state index contributed by atoms with van der Waals surface area (Å²) in [6.07, 6.45) is 0. The second-order valence-electron chi connectivity index (χ2n) is 4.70. The normalized spacial score (nSPS) is 10.6. The highest BCUT2D eigenvalue weighted by Crippen LogP contribution is 2.34. The van der Waals surface area contributed by atoms with Gasteiger partial charge in [0.2, 0.25) is 0 Å². The van der Waals surface area contributed by atoms with Gasteiger partial charge < -0.3 is 9.73 Å². The Balaban J connectivity index is 1.86. The summed E-state index contributed by atoms with van der Waals surface area (Å²) in [5, 5.41) is 3.65. The van der Waals surface area contributed by atoms with Crippen molar-refractivity contribution < 1.29 is 9.21 Å². The van der Waals surface area contributed by atoms with E-state index in [0.717, 1.165) is 9.26 Å². The molecule has 116 valence electrons. The SMILES string of the molecule is O=C(Nc1ccccc1I)c1ccc(-c2cccc(Cl)c2Cl)o1. The number of hydrogen-bond acceptors (Lipinski definition) is 2. The lowest BCUT2D eigenvalue weighted by Crippen LogP contribution is -2.11. The zero-order valence-corrected chi connectivity index (χ0v) is 15.3. The smallest absolute Gasteiger partial charge is 0.291 e. The first-order valence-electron chi connectivity index (χ1n) is 6.66. The van der Waals surface area contributed by atoms with Gasteiger partial charge in [0.05, 0.1) is 15.7 Å². The van der Waals surface area contributed by atoms with E-state index in [9.17, 15) is 4.79 Å². The number of hydrogen-bond donors (Lipinski definition) is 1. The number of carbonyl (C=O) groups excluding carboxylic acids is 1. The van der Waals surface area contributed by atoms with E-state index >= 15 is 0 Å². The molecule has 0 bridgehead atoms. The maximum absolute atomic E-state index is 12.3. The largest absolute Gasteiger partial charge is 0.451 e. The van der Waals surface area contributed by atoms with Crippen LogP contribution in [0.15, 0.2) is 59.0 Å². The van der Waals surface area contributed by atoms with Crippen LogP contribution in [0.3, 0.4) is 0 Å². The summed E-state index contributed by atoms with van der Waals surface area (Å²) in [7, 11) is 0. The summed E-state index contributed by atoms with van der Waals surface area (Å²) in [4.78, 5) is 12.3. The van der Waals surface area contributed by atoms with Crippen molar-refractivity contribution in [1.29, 1.82) is 0 Å². The summed E-state index contributed by atoms with van der Waals surface area (Å²) in [6.45, 7) is 0. The second kappa shape index (κ2) is 6.95. The van der Waals surface area contributed by atoms with Crippen molar-refractivity contribution in [3.8, 4) is 11.3 Å². The van der Waals surface area contributed by atoms with Crippen LogP contribution in [0.25, 0.3) is 11.3 Å². The van der Waals surface area contributed by atoms with Crippen LogP contribution in [0.2, 0.25) is 10.0 Å². The van der Waals surface area contributed by atoms with Crippen LogP contribution in [0, 0.1) is 3.57 Å². The molecule has 1 amide bonds. The van der Waals surface area contributed by atoms with Crippen LogP contribution in [0.5, 0.6) is 0 Å². The van der Waals surface area contributed by atoms with E-state index in [1.165, 1.54) is 0 Å². The minimum absolute atomic E-state index is 0.204. The molecule has 6 heteroatoms. The maximum atomic E-state index is 12.3. The number of benzene rings is 2. The highest BCUT2D eigenvalue weighted by atomic mass is 127. The molecule has 0 aliphatic heterocycles. The average molecular weight is 458 g/mol. The lowest BCUT2D eigenvalue weighted by Gasteiger charge is -2.05. The van der Waals surface area contributed by atoms with Crippen molar-refractivity contribution in [2.75, 3.05) is 5.32 Å². The van der Waals surface area contributed by atoms with Crippen LogP contribution in [0.4, 0.5) is 5.69 Å². The van der Waals surface area contributed by atoms with Gasteiger partial charge in [0.25, 0.3) is 5.91 Å². The second-order valence-corrected chi connectivity index (χ2v) is 6.65. The lowest BCUT2D eigenvalue weighted by atomic mass is 10.2. The topological polar surface area (TPSA) is 42.2 Å². The predicted octanol–water partition coefficient (Wildman–Crippen LogP) is 6.11. The van der Waals surface area contributed by atoms with E-state index in [4.69, 9.17) is 27.6 Å². The number of para-hydroxylation sites is 1. The molecule has 0 radical (unpaired) electrons. The third kappa shape index (κ3) is 3.54. The molecule has 0 unspecified atom stereocenters. The predicted molar refractivity (Wildman–Crippen MR) is 101 cm³/mol. The summed E-state index contributed by atoms with van der Waals surface area (Å²) in [5.41, 5.74) is 1.38. The van der Waals surface area contributed by atoms with Crippen molar-refractivity contribution in [3.63, 3.8) is 0 Å². The quantitative estimate of drug-likeness (QED) is 0.482. The van der Waals surface area contributed by atoms with E-state index in [0.29, 0.717) is 21.4 Å². The number of halogens is 3. The Hall–Kier alpha value is -1.50. The molecule has 0 spiro atoms. The highest BCUT2D eigenvalue weighted by molar-refractivity contribution is 14.1. The minimum Gasteiger partial charge on any atom is -0.451 e. The summed E-state index contributed by atoms with van der Waals surface area (Å²) >= 11 is 14.3. The van der Waals surface area contributed by atoms with Gasteiger partial charge in [-0.2, -0.15) is 0 Å². The molecule has 3 nitrogen and oxygen atoms in total. The van der Waals surface area contributed by atoms with Gasteiger partial charge in [0, 0.05) is 9.13 Å². The van der Waals surface area contributed by atoms with E-state index in [1.807, 2.05) is 24.3 Å². The molecule has 0 aliphatic carbocycles. The molecule has 1 N–H and O–H groups in total. The van der Waals surface area contributed by atoms with Crippen LogP contribution in [-0.4, -0.2) is 5.91 Å². The monoisotopic (exact) mass is 457 g/mol. The molecular formula is C17H10Cl2INO2. The maximum Gasteiger partial charge on any atom is 0.291 e. The van der Waals surface area contributed by atoms with Crippen LogP contribution < -0.4 is 5.32 Å². The molecule has 0 atom stereocenters. The Labute approximate surface area is 156 Å². The molecule has 0 saturated heterocycles. The Morgan fingerprint density at radius 2 is 1.78 bits per heavy atom. The average Bonchev–Trinajstić information content (AvgIpc) is 3.02. The fourth-order valence-corrected chi connectivity index (χ4v) is 2.96. The first kappa shape index (κ1) is 16.4. The zero-order valence-electron chi connectivity index (χ0n) is 11.6. The molecule has 3 aromatic rings. The van der Waals surface area contributed by atoms with Crippen molar-refractivity contribution in [2.24, 2.45) is 0 Å². The standard InChI is InChI=1S/C17H10Cl2INO2/c18-11-5-3-4-10(16(11)19)14-8-9-15(23-14)17(22)21-13-7-2-1-6-12(13)20/h1-9H,(H,21,22). The van der Waals surface area contributed by atoms with Gasteiger partial charge in [0.1, 0.15) is 5.76 Å². The minimum atomic E-state index is -0.321. The van der Waals surface area contributed by atoms with Gasteiger partial charge in [-0.3, -0.25) is 4.79 Å². The van der Waals surface area contributed by atoms with Crippen molar-refractivity contribution in [1.82, 2.24) is 0 Å². The molecule has 3 rings (SSSR count). The molecule has 1 aromatic heterocycles. The van der Waals surface area contributed by atoms with Crippen LogP contribution in [0.1, 0.15) is 10.6 Å². The lowest BCUT2D eigenvalue weighted by molar-refractivity contribution is 0.0997. The molecule has 1 heterocycles. The van der Waals surface area contributed by atoms with Gasteiger partial charge in [-0.25, -0.2) is 0 Å². The van der Waals surface area contributed by atoms with Gasteiger partial charge in [-0.05, 0) is 59.0 Å².